The molecule has 0 aliphatic rings. The van der Waals surface area contributed by atoms with Crippen LogP contribution in [0.5, 0.6) is 0 Å². The lowest BCUT2D eigenvalue weighted by Gasteiger charge is -2.31. The van der Waals surface area contributed by atoms with Gasteiger partial charge in [-0.15, -0.1) is 0 Å². The Bertz CT molecular complexity index is 328. The first-order valence-corrected chi connectivity index (χ1v) is 6.93. The Morgan fingerprint density at radius 1 is 1.33 bits per heavy atom. The van der Waals surface area contributed by atoms with Gasteiger partial charge in [-0.2, -0.15) is 5.10 Å². The fraction of sp³-hybridized carbons (Fsp3) is 0.786. The van der Waals surface area contributed by atoms with Gasteiger partial charge in [-0.25, -0.2) is 0 Å². The standard InChI is InChI=1S/C14H28N4/c1-6-13(7-2)14(17(3)4)10-15-8-12-9-16-18(5)11-12/h9,11,13-15H,6-8,10H2,1-5H3. The van der Waals surface area contributed by atoms with Crippen LogP contribution in [0, 0.1) is 5.92 Å². The highest BCUT2D eigenvalue weighted by Gasteiger charge is 2.19. The second-order valence-corrected chi connectivity index (χ2v) is 5.26. The van der Waals surface area contributed by atoms with E-state index in [1.165, 1.54) is 18.4 Å². The first kappa shape index (κ1) is 15.2. The molecule has 0 fully saturated rings. The van der Waals surface area contributed by atoms with Gasteiger partial charge in [0.15, 0.2) is 0 Å². The van der Waals surface area contributed by atoms with E-state index in [1.54, 1.807) is 0 Å². The summed E-state index contributed by atoms with van der Waals surface area (Å²) in [6.07, 6.45) is 6.48. The normalized spacial score (nSPS) is 13.5. The van der Waals surface area contributed by atoms with Gasteiger partial charge in [-0.1, -0.05) is 26.7 Å². The van der Waals surface area contributed by atoms with E-state index in [2.05, 4.69) is 49.5 Å². The summed E-state index contributed by atoms with van der Waals surface area (Å²) >= 11 is 0. The molecule has 1 rings (SSSR count). The van der Waals surface area contributed by atoms with Gasteiger partial charge in [0, 0.05) is 37.9 Å². The molecule has 0 spiro atoms. The molecule has 0 aliphatic carbocycles. The van der Waals surface area contributed by atoms with Gasteiger partial charge >= 0.3 is 0 Å². The Balaban J connectivity index is 2.42. The minimum absolute atomic E-state index is 0.608. The Morgan fingerprint density at radius 3 is 2.44 bits per heavy atom. The molecule has 104 valence electrons. The third-order valence-corrected chi connectivity index (χ3v) is 3.70. The van der Waals surface area contributed by atoms with Crippen LogP contribution in [-0.2, 0) is 13.6 Å². The Kier molecular flexibility index (Phi) is 6.36. The zero-order valence-corrected chi connectivity index (χ0v) is 12.5. The lowest BCUT2D eigenvalue weighted by Crippen LogP contribution is -2.42. The molecular weight excluding hydrogens is 224 g/mol. The van der Waals surface area contributed by atoms with Crippen molar-refractivity contribution in [3.63, 3.8) is 0 Å². The lowest BCUT2D eigenvalue weighted by atomic mass is 9.93. The van der Waals surface area contributed by atoms with Crippen LogP contribution in [0.1, 0.15) is 32.3 Å². The molecule has 18 heavy (non-hydrogen) atoms. The predicted octanol–water partition coefficient (Wildman–Crippen LogP) is 1.88. The summed E-state index contributed by atoms with van der Waals surface area (Å²) in [5.74, 6) is 0.765. The van der Waals surface area contributed by atoms with E-state index in [0.29, 0.717) is 6.04 Å². The number of likely N-dealkylation sites (N-methyl/N-ethyl adjacent to an activating group) is 1. The minimum Gasteiger partial charge on any atom is -0.311 e. The van der Waals surface area contributed by atoms with Crippen molar-refractivity contribution in [1.29, 1.82) is 0 Å². The molecule has 0 aromatic carbocycles. The van der Waals surface area contributed by atoms with E-state index in [-0.39, 0.29) is 0 Å². The van der Waals surface area contributed by atoms with Crippen LogP contribution in [0.25, 0.3) is 0 Å². The zero-order valence-electron chi connectivity index (χ0n) is 12.5. The van der Waals surface area contributed by atoms with E-state index in [9.17, 15) is 0 Å². The van der Waals surface area contributed by atoms with Gasteiger partial charge in [-0.3, -0.25) is 4.68 Å². The fourth-order valence-electron chi connectivity index (χ4n) is 2.53. The van der Waals surface area contributed by atoms with E-state index >= 15 is 0 Å². The van der Waals surface area contributed by atoms with Gasteiger partial charge < -0.3 is 10.2 Å². The van der Waals surface area contributed by atoms with Crippen molar-refractivity contribution in [3.8, 4) is 0 Å². The molecule has 0 aliphatic heterocycles. The van der Waals surface area contributed by atoms with Crippen molar-refractivity contribution in [2.24, 2.45) is 13.0 Å². The molecule has 1 atom stereocenters. The van der Waals surface area contributed by atoms with Crippen LogP contribution >= 0.6 is 0 Å². The molecule has 1 unspecified atom stereocenters. The Hall–Kier alpha value is -0.870. The molecule has 4 heteroatoms. The topological polar surface area (TPSA) is 33.1 Å². The SMILES string of the molecule is CCC(CC)C(CNCc1cnn(C)c1)N(C)C. The summed E-state index contributed by atoms with van der Waals surface area (Å²) in [7, 11) is 6.31. The largest absolute Gasteiger partial charge is 0.311 e. The maximum Gasteiger partial charge on any atom is 0.0534 e. The molecule has 0 saturated heterocycles. The number of hydrogen-bond acceptors (Lipinski definition) is 3. The quantitative estimate of drug-likeness (QED) is 0.767. The van der Waals surface area contributed by atoms with Gasteiger partial charge in [-0.05, 0) is 20.0 Å². The summed E-state index contributed by atoms with van der Waals surface area (Å²) in [4.78, 5) is 2.34. The van der Waals surface area contributed by atoms with Crippen LogP contribution < -0.4 is 5.32 Å². The second-order valence-electron chi connectivity index (χ2n) is 5.26. The average molecular weight is 252 g/mol. The third kappa shape index (κ3) is 4.42. The van der Waals surface area contributed by atoms with Crippen LogP contribution in [0.4, 0.5) is 0 Å². The molecule has 0 amide bonds. The monoisotopic (exact) mass is 252 g/mol. The summed E-state index contributed by atoms with van der Waals surface area (Å²) in [5, 5.41) is 7.73. The van der Waals surface area contributed by atoms with Gasteiger partial charge in [0.05, 0.1) is 6.20 Å². The summed E-state index contributed by atoms with van der Waals surface area (Å²) in [6, 6.07) is 0.608. The van der Waals surface area contributed by atoms with Crippen LogP contribution in [0.3, 0.4) is 0 Å². The Labute approximate surface area is 111 Å². The van der Waals surface area contributed by atoms with Gasteiger partial charge in [0.25, 0.3) is 0 Å². The first-order chi connectivity index (χ1) is 8.58. The van der Waals surface area contributed by atoms with Crippen molar-refractivity contribution in [2.45, 2.75) is 39.3 Å². The molecule has 1 aromatic heterocycles. The van der Waals surface area contributed by atoms with E-state index in [0.717, 1.165) is 19.0 Å². The highest BCUT2D eigenvalue weighted by atomic mass is 15.2. The average Bonchev–Trinajstić information content (AvgIpc) is 2.74. The fourth-order valence-corrected chi connectivity index (χ4v) is 2.53. The minimum atomic E-state index is 0.608. The zero-order chi connectivity index (χ0) is 13.5. The highest BCUT2D eigenvalue weighted by Crippen LogP contribution is 2.16. The smallest absolute Gasteiger partial charge is 0.0534 e. The number of nitrogens with one attached hydrogen (secondary N) is 1. The summed E-state index contributed by atoms with van der Waals surface area (Å²) in [5.41, 5.74) is 1.25. The third-order valence-electron chi connectivity index (χ3n) is 3.70. The predicted molar refractivity (Wildman–Crippen MR) is 76.5 cm³/mol. The molecular formula is C14H28N4. The molecule has 1 N–H and O–H groups in total. The van der Waals surface area contributed by atoms with Crippen molar-refractivity contribution in [1.82, 2.24) is 20.0 Å². The highest BCUT2D eigenvalue weighted by molar-refractivity contribution is 5.02. The number of aromatic nitrogens is 2. The van der Waals surface area contributed by atoms with Crippen molar-refractivity contribution < 1.29 is 0 Å². The van der Waals surface area contributed by atoms with E-state index < -0.39 is 0 Å². The molecule has 4 nitrogen and oxygen atoms in total. The maximum absolute atomic E-state index is 4.18. The molecule has 0 radical (unpaired) electrons. The number of hydrogen-bond donors (Lipinski definition) is 1. The van der Waals surface area contributed by atoms with Crippen LogP contribution in [0.2, 0.25) is 0 Å². The van der Waals surface area contributed by atoms with Crippen molar-refractivity contribution in [2.75, 3.05) is 20.6 Å². The molecule has 1 aromatic rings. The Morgan fingerprint density at radius 2 is 2.00 bits per heavy atom. The van der Waals surface area contributed by atoms with Gasteiger partial charge in [0.2, 0.25) is 0 Å². The maximum atomic E-state index is 4.18. The number of nitrogens with zero attached hydrogens (tertiary/aromatic N) is 3. The molecule has 0 bridgehead atoms. The summed E-state index contributed by atoms with van der Waals surface area (Å²) in [6.45, 7) is 6.50. The van der Waals surface area contributed by atoms with Crippen molar-refractivity contribution in [3.05, 3.63) is 18.0 Å². The number of aryl methyl sites for hydroxylation is 1. The first-order valence-electron chi connectivity index (χ1n) is 6.93. The van der Waals surface area contributed by atoms with Crippen molar-refractivity contribution >= 4 is 0 Å². The molecule has 0 saturated carbocycles. The van der Waals surface area contributed by atoms with E-state index in [1.807, 2.05) is 17.9 Å². The molecule has 1 heterocycles. The van der Waals surface area contributed by atoms with Gasteiger partial charge in [0.1, 0.15) is 0 Å². The second kappa shape index (κ2) is 7.54. The number of rotatable bonds is 8. The lowest BCUT2D eigenvalue weighted by molar-refractivity contribution is 0.194. The van der Waals surface area contributed by atoms with Crippen LogP contribution in [0.15, 0.2) is 12.4 Å². The summed E-state index contributed by atoms with van der Waals surface area (Å²) < 4.78 is 1.85. The van der Waals surface area contributed by atoms with Crippen LogP contribution in [-0.4, -0.2) is 41.4 Å². The van der Waals surface area contributed by atoms with E-state index in [4.69, 9.17) is 0 Å².